The van der Waals surface area contributed by atoms with Crippen molar-refractivity contribution in [2.75, 3.05) is 6.61 Å². The van der Waals surface area contributed by atoms with Crippen LogP contribution in [0.3, 0.4) is 0 Å². The Morgan fingerprint density at radius 2 is 1.85 bits per heavy atom. The van der Waals surface area contributed by atoms with Crippen LogP contribution < -0.4 is 4.74 Å². The minimum atomic E-state index is -0.768. The Morgan fingerprint density at radius 3 is 2.48 bits per heavy atom. The molecule has 33 heavy (non-hydrogen) atoms. The maximum Gasteiger partial charge on any atom is 0.295 e. The van der Waals surface area contributed by atoms with Gasteiger partial charge in [-0.1, -0.05) is 19.1 Å². The fourth-order valence-electron chi connectivity index (χ4n) is 3.94. The molecular weight excluding hydrogens is 418 g/mol. The number of hydrogen-bond donors (Lipinski definition) is 1. The number of nitrogens with zero attached hydrogens (tertiary/aromatic N) is 3. The van der Waals surface area contributed by atoms with E-state index in [0.717, 1.165) is 17.5 Å². The number of rotatable bonds is 7. The van der Waals surface area contributed by atoms with E-state index in [0.29, 0.717) is 23.5 Å². The second-order valence-corrected chi connectivity index (χ2v) is 7.90. The number of amides is 1. The van der Waals surface area contributed by atoms with E-state index in [1.807, 2.05) is 19.9 Å². The van der Waals surface area contributed by atoms with E-state index in [1.165, 1.54) is 4.90 Å². The normalized spacial score (nSPS) is 17.4. The summed E-state index contributed by atoms with van der Waals surface area (Å²) in [7, 11) is 0. The molecule has 1 amide bonds. The fourth-order valence-corrected chi connectivity index (χ4v) is 3.94. The van der Waals surface area contributed by atoms with Crippen molar-refractivity contribution in [1.82, 2.24) is 14.9 Å². The number of ketones is 1. The number of hydrogen-bond acceptors (Lipinski definition) is 6. The van der Waals surface area contributed by atoms with Crippen LogP contribution in [-0.4, -0.2) is 38.3 Å². The van der Waals surface area contributed by atoms with Crippen molar-refractivity contribution in [1.29, 1.82) is 0 Å². The molecular formula is C26H25N3O4. The molecule has 0 saturated carbocycles. The molecule has 0 radical (unpaired) electrons. The van der Waals surface area contributed by atoms with Gasteiger partial charge in [-0.2, -0.15) is 0 Å². The standard InChI is InChI=1S/C26H25N3O4/c1-3-12-33-21-9-8-19(13-17(21)2)24(30)22-23(20-7-5-11-28-15-20)29(26(32)25(22)31)16-18-6-4-10-27-14-18/h4-11,13-15,23,30H,3,12,16H2,1-2H3/b24-22-. The molecule has 1 atom stereocenters. The van der Waals surface area contributed by atoms with Gasteiger partial charge in [0, 0.05) is 36.9 Å². The first-order valence-corrected chi connectivity index (χ1v) is 10.8. The van der Waals surface area contributed by atoms with Crippen LogP contribution in [0.25, 0.3) is 5.76 Å². The zero-order valence-electron chi connectivity index (χ0n) is 18.6. The number of aliphatic hydroxyl groups excluding tert-OH is 1. The molecule has 0 spiro atoms. The SMILES string of the molecule is CCCOc1ccc(/C(O)=C2/C(=O)C(=O)N(Cc3cccnc3)C2c2cccnc2)cc1C. The van der Waals surface area contributed by atoms with Gasteiger partial charge < -0.3 is 14.7 Å². The lowest BCUT2D eigenvalue weighted by atomic mass is 9.95. The van der Waals surface area contributed by atoms with Gasteiger partial charge in [-0.05, 0) is 60.4 Å². The molecule has 1 N–H and O–H groups in total. The summed E-state index contributed by atoms with van der Waals surface area (Å²) in [5.74, 6) is -0.904. The van der Waals surface area contributed by atoms with E-state index in [9.17, 15) is 14.7 Å². The molecule has 1 aromatic carbocycles. The summed E-state index contributed by atoms with van der Waals surface area (Å²) < 4.78 is 5.72. The third-order valence-electron chi connectivity index (χ3n) is 5.53. The molecule has 1 saturated heterocycles. The largest absolute Gasteiger partial charge is 0.507 e. The number of carbonyl (C=O) groups is 2. The Labute approximate surface area is 192 Å². The molecule has 0 bridgehead atoms. The summed E-state index contributed by atoms with van der Waals surface area (Å²) in [5, 5.41) is 11.2. The average molecular weight is 444 g/mol. The average Bonchev–Trinajstić information content (AvgIpc) is 3.09. The molecule has 1 aliphatic heterocycles. The highest BCUT2D eigenvalue weighted by atomic mass is 16.5. The molecule has 1 fully saturated rings. The molecule has 0 aliphatic carbocycles. The predicted molar refractivity (Wildman–Crippen MR) is 123 cm³/mol. The Bertz CT molecular complexity index is 1190. The molecule has 3 aromatic rings. The Kier molecular flexibility index (Phi) is 6.49. The van der Waals surface area contributed by atoms with Gasteiger partial charge in [0.1, 0.15) is 11.5 Å². The zero-order chi connectivity index (χ0) is 23.4. The second kappa shape index (κ2) is 9.65. The summed E-state index contributed by atoms with van der Waals surface area (Å²) in [6.45, 7) is 4.67. The lowest BCUT2D eigenvalue weighted by Crippen LogP contribution is -2.29. The van der Waals surface area contributed by atoms with Crippen LogP contribution in [0.2, 0.25) is 0 Å². The number of pyridine rings is 2. The molecule has 1 unspecified atom stereocenters. The Balaban J connectivity index is 1.79. The monoisotopic (exact) mass is 443 g/mol. The first-order valence-electron chi connectivity index (χ1n) is 10.8. The highest BCUT2D eigenvalue weighted by Crippen LogP contribution is 2.40. The van der Waals surface area contributed by atoms with E-state index >= 15 is 0 Å². The summed E-state index contributed by atoms with van der Waals surface area (Å²) in [6, 6.07) is 11.6. The van der Waals surface area contributed by atoms with E-state index in [4.69, 9.17) is 4.74 Å². The number of benzene rings is 1. The van der Waals surface area contributed by atoms with Crippen molar-refractivity contribution in [3.63, 3.8) is 0 Å². The molecule has 3 heterocycles. The topological polar surface area (TPSA) is 92.6 Å². The van der Waals surface area contributed by atoms with Crippen molar-refractivity contribution in [3.8, 4) is 5.75 Å². The lowest BCUT2D eigenvalue weighted by molar-refractivity contribution is -0.140. The number of aromatic nitrogens is 2. The van der Waals surface area contributed by atoms with E-state index < -0.39 is 17.7 Å². The quantitative estimate of drug-likeness (QED) is 0.334. The molecule has 168 valence electrons. The zero-order valence-corrected chi connectivity index (χ0v) is 18.6. The Morgan fingerprint density at radius 1 is 1.09 bits per heavy atom. The predicted octanol–water partition coefficient (Wildman–Crippen LogP) is 4.20. The van der Waals surface area contributed by atoms with Crippen LogP contribution in [0.1, 0.15) is 41.6 Å². The first kappa shape index (κ1) is 22.2. The number of ether oxygens (including phenoxy) is 1. The lowest BCUT2D eigenvalue weighted by Gasteiger charge is -2.25. The van der Waals surface area contributed by atoms with Gasteiger partial charge in [0.15, 0.2) is 0 Å². The molecule has 7 nitrogen and oxygen atoms in total. The van der Waals surface area contributed by atoms with Crippen molar-refractivity contribution in [2.45, 2.75) is 32.9 Å². The van der Waals surface area contributed by atoms with Crippen LogP contribution in [0.4, 0.5) is 0 Å². The van der Waals surface area contributed by atoms with Crippen LogP contribution in [0.15, 0.2) is 72.8 Å². The van der Waals surface area contributed by atoms with E-state index in [-0.39, 0.29) is 17.9 Å². The van der Waals surface area contributed by atoms with E-state index in [2.05, 4.69) is 9.97 Å². The van der Waals surface area contributed by atoms with Gasteiger partial charge in [0.05, 0.1) is 18.2 Å². The van der Waals surface area contributed by atoms with Gasteiger partial charge in [0.2, 0.25) is 0 Å². The molecule has 4 rings (SSSR count). The van der Waals surface area contributed by atoms with Crippen molar-refractivity contribution < 1.29 is 19.4 Å². The maximum atomic E-state index is 13.1. The first-order chi connectivity index (χ1) is 16.0. The third kappa shape index (κ3) is 4.48. The van der Waals surface area contributed by atoms with Gasteiger partial charge >= 0.3 is 0 Å². The maximum absolute atomic E-state index is 13.1. The number of Topliss-reactive ketones (excluding diaryl/α,β-unsaturated/α-hetero) is 1. The number of carbonyl (C=O) groups excluding carboxylic acids is 2. The summed E-state index contributed by atoms with van der Waals surface area (Å²) in [5.41, 5.74) is 2.74. The number of aryl methyl sites for hydroxylation is 1. The van der Waals surface area contributed by atoms with Gasteiger partial charge in [-0.15, -0.1) is 0 Å². The number of aliphatic hydroxyl groups is 1. The summed E-state index contributed by atoms with van der Waals surface area (Å²) in [4.78, 5) is 35.9. The van der Waals surface area contributed by atoms with Crippen LogP contribution in [0.5, 0.6) is 5.75 Å². The molecule has 1 aliphatic rings. The summed E-state index contributed by atoms with van der Waals surface area (Å²) in [6.07, 6.45) is 7.40. The minimum absolute atomic E-state index is 0.0403. The smallest absolute Gasteiger partial charge is 0.295 e. The third-order valence-corrected chi connectivity index (χ3v) is 5.53. The van der Waals surface area contributed by atoms with Crippen molar-refractivity contribution >= 4 is 17.4 Å². The van der Waals surface area contributed by atoms with Crippen molar-refractivity contribution in [2.24, 2.45) is 0 Å². The highest BCUT2D eigenvalue weighted by molar-refractivity contribution is 6.46. The van der Waals surface area contributed by atoms with E-state index in [1.54, 1.807) is 61.2 Å². The van der Waals surface area contributed by atoms with Gasteiger partial charge in [0.25, 0.3) is 11.7 Å². The van der Waals surface area contributed by atoms with Crippen molar-refractivity contribution in [3.05, 3.63) is 95.1 Å². The van der Waals surface area contributed by atoms with Gasteiger partial charge in [-0.3, -0.25) is 19.6 Å². The van der Waals surface area contributed by atoms with Crippen LogP contribution in [-0.2, 0) is 16.1 Å². The summed E-state index contributed by atoms with van der Waals surface area (Å²) >= 11 is 0. The molecule has 7 heteroatoms. The van der Waals surface area contributed by atoms with Crippen LogP contribution in [0, 0.1) is 6.92 Å². The van der Waals surface area contributed by atoms with Gasteiger partial charge in [-0.25, -0.2) is 0 Å². The number of likely N-dealkylation sites (tertiary alicyclic amines) is 1. The Hall–Kier alpha value is -4.00. The second-order valence-electron chi connectivity index (χ2n) is 7.90. The highest BCUT2D eigenvalue weighted by Gasteiger charge is 2.46. The fraction of sp³-hybridized carbons (Fsp3) is 0.231. The minimum Gasteiger partial charge on any atom is -0.507 e. The molecule has 2 aromatic heterocycles. The van der Waals surface area contributed by atoms with Crippen LogP contribution >= 0.6 is 0 Å².